The number of aryl methyl sites for hydroxylation is 1. The van der Waals surface area contributed by atoms with E-state index < -0.39 is 0 Å². The minimum absolute atomic E-state index is 0.329. The first-order chi connectivity index (χ1) is 18.6. The van der Waals surface area contributed by atoms with Gasteiger partial charge in [-0.25, -0.2) is 4.79 Å². The highest BCUT2D eigenvalue weighted by Gasteiger charge is 2.20. The number of esters is 1. The van der Waals surface area contributed by atoms with Crippen LogP contribution in [-0.2, 0) is 6.42 Å². The summed E-state index contributed by atoms with van der Waals surface area (Å²) >= 11 is 0. The summed E-state index contributed by atoms with van der Waals surface area (Å²) in [5, 5.41) is 0. The largest absolute Gasteiger partial charge is 0.494 e. The lowest BCUT2D eigenvalue weighted by Gasteiger charge is -2.28. The van der Waals surface area contributed by atoms with Gasteiger partial charge in [-0.05, 0) is 79.0 Å². The molecule has 0 spiro atoms. The van der Waals surface area contributed by atoms with Crippen LogP contribution >= 0.6 is 0 Å². The molecule has 1 fully saturated rings. The van der Waals surface area contributed by atoms with Gasteiger partial charge in [-0.15, -0.1) is 0 Å². The second-order valence-corrected chi connectivity index (χ2v) is 11.7. The highest BCUT2D eigenvalue weighted by molar-refractivity contribution is 5.91. The average molecular weight is 521 g/mol. The minimum atomic E-state index is -0.329. The van der Waals surface area contributed by atoms with Gasteiger partial charge in [0.25, 0.3) is 0 Å². The molecule has 0 saturated heterocycles. The summed E-state index contributed by atoms with van der Waals surface area (Å²) in [5.74, 6) is 3.74. The van der Waals surface area contributed by atoms with E-state index >= 15 is 0 Å². The molecule has 1 aliphatic rings. The van der Waals surface area contributed by atoms with Crippen molar-refractivity contribution in [2.75, 3.05) is 6.61 Å². The van der Waals surface area contributed by atoms with Gasteiger partial charge in [0.15, 0.2) is 0 Å². The number of ether oxygens (including phenoxy) is 2. The van der Waals surface area contributed by atoms with Crippen LogP contribution in [0.5, 0.6) is 11.5 Å². The van der Waals surface area contributed by atoms with Gasteiger partial charge in [-0.3, -0.25) is 0 Å². The molecule has 3 rings (SSSR count). The van der Waals surface area contributed by atoms with Crippen molar-refractivity contribution in [3.8, 4) is 11.5 Å². The molecule has 38 heavy (non-hydrogen) atoms. The normalized spacial score (nSPS) is 18.2. The summed E-state index contributed by atoms with van der Waals surface area (Å²) in [6.07, 6.45) is 19.7. The van der Waals surface area contributed by atoms with Crippen molar-refractivity contribution >= 4 is 5.97 Å². The van der Waals surface area contributed by atoms with Gasteiger partial charge in [0.2, 0.25) is 0 Å². The van der Waals surface area contributed by atoms with Crippen molar-refractivity contribution < 1.29 is 14.3 Å². The Bertz CT molecular complexity index is 894. The van der Waals surface area contributed by atoms with Gasteiger partial charge in [-0.2, -0.15) is 0 Å². The Labute approximate surface area is 232 Å². The third kappa shape index (κ3) is 11.2. The van der Waals surface area contributed by atoms with Gasteiger partial charge in [0.1, 0.15) is 11.5 Å². The molecule has 0 amide bonds. The molecule has 2 aromatic rings. The summed E-state index contributed by atoms with van der Waals surface area (Å²) in [4.78, 5) is 12.6. The van der Waals surface area contributed by atoms with Crippen LogP contribution in [0.3, 0.4) is 0 Å². The van der Waals surface area contributed by atoms with E-state index in [9.17, 15) is 4.79 Å². The summed E-state index contributed by atoms with van der Waals surface area (Å²) < 4.78 is 11.5. The molecule has 3 heteroatoms. The number of hydrogen-bond acceptors (Lipinski definition) is 3. The Morgan fingerprint density at radius 2 is 1.45 bits per heavy atom. The molecule has 0 N–H and O–H groups in total. The van der Waals surface area contributed by atoms with Crippen LogP contribution in [0.15, 0.2) is 48.5 Å². The number of carbonyl (C=O) groups excluding carboxylic acids is 1. The number of carbonyl (C=O) groups is 1. The van der Waals surface area contributed by atoms with E-state index in [2.05, 4.69) is 32.9 Å². The van der Waals surface area contributed by atoms with E-state index in [0.29, 0.717) is 11.3 Å². The van der Waals surface area contributed by atoms with E-state index in [-0.39, 0.29) is 5.97 Å². The maximum absolute atomic E-state index is 12.6. The van der Waals surface area contributed by atoms with Crippen molar-refractivity contribution in [1.82, 2.24) is 0 Å². The van der Waals surface area contributed by atoms with Gasteiger partial charge >= 0.3 is 5.97 Å². The van der Waals surface area contributed by atoms with E-state index in [1.54, 1.807) is 12.1 Å². The Morgan fingerprint density at radius 1 is 0.789 bits per heavy atom. The second kappa shape index (κ2) is 17.3. The van der Waals surface area contributed by atoms with Gasteiger partial charge in [0.05, 0.1) is 12.2 Å². The third-order valence-corrected chi connectivity index (χ3v) is 8.55. The molecular formula is C35H52O3. The number of rotatable bonds is 17. The van der Waals surface area contributed by atoms with Crippen molar-refractivity contribution in [3.63, 3.8) is 0 Å². The highest BCUT2D eigenvalue weighted by Crippen LogP contribution is 2.34. The van der Waals surface area contributed by atoms with E-state index in [4.69, 9.17) is 9.47 Å². The summed E-state index contributed by atoms with van der Waals surface area (Å²) in [6, 6.07) is 15.4. The van der Waals surface area contributed by atoms with Gasteiger partial charge < -0.3 is 9.47 Å². The van der Waals surface area contributed by atoms with Crippen LogP contribution in [0.4, 0.5) is 0 Å². The van der Waals surface area contributed by atoms with Crippen molar-refractivity contribution in [1.29, 1.82) is 0 Å². The second-order valence-electron chi connectivity index (χ2n) is 11.7. The topological polar surface area (TPSA) is 35.5 Å². The molecule has 1 saturated carbocycles. The number of hydrogen-bond donors (Lipinski definition) is 0. The fourth-order valence-corrected chi connectivity index (χ4v) is 5.61. The molecule has 3 nitrogen and oxygen atoms in total. The average Bonchev–Trinajstić information content (AvgIpc) is 2.95. The Hall–Kier alpha value is -2.29. The maximum Gasteiger partial charge on any atom is 0.343 e. The molecule has 1 atom stereocenters. The summed E-state index contributed by atoms with van der Waals surface area (Å²) in [6.45, 7) is 7.59. The van der Waals surface area contributed by atoms with Crippen LogP contribution in [-0.4, -0.2) is 12.6 Å². The van der Waals surface area contributed by atoms with E-state index in [1.165, 1.54) is 89.0 Å². The smallest absolute Gasteiger partial charge is 0.343 e. The molecule has 0 unspecified atom stereocenters. The SMILES string of the molecule is CCCCC[C@H]1CC[C@H](CCc2ccc(OC(=O)c3ccc(OCCCCC[C@@H](C)CC)cc3)cc2)CC1. The van der Waals surface area contributed by atoms with Crippen LogP contribution < -0.4 is 9.47 Å². The fourth-order valence-electron chi connectivity index (χ4n) is 5.61. The quantitative estimate of drug-likeness (QED) is 0.118. The lowest BCUT2D eigenvalue weighted by Crippen LogP contribution is -2.15. The first-order valence-electron chi connectivity index (χ1n) is 15.6. The Kier molecular flexibility index (Phi) is 13.8. The molecule has 2 aromatic carbocycles. The van der Waals surface area contributed by atoms with Crippen LogP contribution in [0.1, 0.15) is 127 Å². The van der Waals surface area contributed by atoms with Crippen LogP contribution in [0.25, 0.3) is 0 Å². The van der Waals surface area contributed by atoms with Crippen LogP contribution in [0.2, 0.25) is 0 Å². The zero-order chi connectivity index (χ0) is 27.0. The first kappa shape index (κ1) is 30.3. The van der Waals surface area contributed by atoms with Gasteiger partial charge in [-0.1, -0.05) is 110 Å². The maximum atomic E-state index is 12.6. The standard InChI is InChI=1S/C35H52O3/c1-4-6-8-12-29-13-15-30(16-14-29)17-18-31-19-23-34(24-20-31)38-35(36)32-21-25-33(26-22-32)37-27-10-7-9-11-28(3)5-2/h19-26,28-30H,4-18,27H2,1-3H3/t28-,29-,30-/m0/s1. The fraction of sp³-hybridized carbons (Fsp3) is 0.629. The predicted molar refractivity (Wildman–Crippen MR) is 159 cm³/mol. The van der Waals surface area contributed by atoms with Crippen molar-refractivity contribution in [2.45, 2.75) is 117 Å². The van der Waals surface area contributed by atoms with Crippen LogP contribution in [0, 0.1) is 17.8 Å². The van der Waals surface area contributed by atoms with Gasteiger partial charge in [0, 0.05) is 0 Å². The molecule has 0 radical (unpaired) electrons. The molecule has 1 aliphatic carbocycles. The lowest BCUT2D eigenvalue weighted by atomic mass is 9.78. The van der Waals surface area contributed by atoms with Crippen molar-refractivity contribution in [3.05, 3.63) is 59.7 Å². The predicted octanol–water partition coefficient (Wildman–Crippen LogP) is 10.2. The molecular weight excluding hydrogens is 468 g/mol. The van der Waals surface area contributed by atoms with Crippen molar-refractivity contribution in [2.24, 2.45) is 17.8 Å². The minimum Gasteiger partial charge on any atom is -0.494 e. The highest BCUT2D eigenvalue weighted by atomic mass is 16.5. The summed E-state index contributed by atoms with van der Waals surface area (Å²) in [5.41, 5.74) is 1.87. The molecule has 210 valence electrons. The van der Waals surface area contributed by atoms with E-state index in [0.717, 1.165) is 43.0 Å². The zero-order valence-electron chi connectivity index (χ0n) is 24.4. The number of benzene rings is 2. The molecule has 0 aliphatic heterocycles. The van der Waals surface area contributed by atoms with E-state index in [1.807, 2.05) is 24.3 Å². The Balaban J connectivity index is 1.32. The zero-order valence-corrected chi connectivity index (χ0v) is 24.4. The molecule has 0 heterocycles. The monoisotopic (exact) mass is 520 g/mol. The molecule has 0 bridgehead atoms. The Morgan fingerprint density at radius 3 is 2.11 bits per heavy atom. The third-order valence-electron chi connectivity index (χ3n) is 8.55. The lowest BCUT2D eigenvalue weighted by molar-refractivity contribution is 0.0734. The summed E-state index contributed by atoms with van der Waals surface area (Å²) in [7, 11) is 0. The molecule has 0 aromatic heterocycles. The first-order valence-corrected chi connectivity index (χ1v) is 15.6. The number of unbranched alkanes of at least 4 members (excludes halogenated alkanes) is 4.